The standard InChI is InChI=1S/C8H17NS/c1-3-4-5-6-7(2)8(9)10/h7H,3-6H2,1-2H3,(H2,9,10). The lowest BCUT2D eigenvalue weighted by Gasteiger charge is -2.07. The fraction of sp³-hybridized carbons (Fsp3) is 0.875. The minimum atomic E-state index is 0.432. The predicted octanol–water partition coefficient (Wildman–Crippen LogP) is 2.49. The first-order valence-corrected chi connectivity index (χ1v) is 4.38. The van der Waals surface area contributed by atoms with Gasteiger partial charge in [0.25, 0.3) is 0 Å². The Labute approximate surface area is 69.0 Å². The molecule has 2 heteroatoms. The first-order valence-electron chi connectivity index (χ1n) is 3.97. The van der Waals surface area contributed by atoms with Crippen molar-refractivity contribution in [2.24, 2.45) is 11.7 Å². The van der Waals surface area contributed by atoms with E-state index >= 15 is 0 Å². The Morgan fingerprint density at radius 2 is 2.10 bits per heavy atom. The molecule has 1 atom stereocenters. The minimum Gasteiger partial charge on any atom is -0.393 e. The number of nitrogens with two attached hydrogens (primary N) is 1. The summed E-state index contributed by atoms with van der Waals surface area (Å²) in [6, 6.07) is 0. The highest BCUT2D eigenvalue weighted by molar-refractivity contribution is 7.80. The van der Waals surface area contributed by atoms with E-state index in [0.29, 0.717) is 10.9 Å². The summed E-state index contributed by atoms with van der Waals surface area (Å²) in [7, 11) is 0. The van der Waals surface area contributed by atoms with Crippen molar-refractivity contribution in [3.63, 3.8) is 0 Å². The number of hydrogen-bond acceptors (Lipinski definition) is 1. The van der Waals surface area contributed by atoms with Gasteiger partial charge in [0.2, 0.25) is 0 Å². The highest BCUT2D eigenvalue weighted by Crippen LogP contribution is 2.08. The Morgan fingerprint density at radius 3 is 2.50 bits per heavy atom. The molecule has 1 nitrogen and oxygen atoms in total. The molecule has 0 saturated carbocycles. The monoisotopic (exact) mass is 159 g/mol. The van der Waals surface area contributed by atoms with Gasteiger partial charge in [0.05, 0.1) is 4.99 Å². The number of unbranched alkanes of at least 4 members (excludes halogenated alkanes) is 2. The molecule has 0 radical (unpaired) electrons. The molecule has 0 aliphatic carbocycles. The van der Waals surface area contributed by atoms with Crippen molar-refractivity contribution in [3.05, 3.63) is 0 Å². The van der Waals surface area contributed by atoms with Crippen molar-refractivity contribution in [1.82, 2.24) is 0 Å². The highest BCUT2D eigenvalue weighted by atomic mass is 32.1. The van der Waals surface area contributed by atoms with Gasteiger partial charge in [-0.05, 0) is 6.42 Å². The molecule has 0 rings (SSSR count). The third-order valence-corrected chi connectivity index (χ3v) is 2.13. The van der Waals surface area contributed by atoms with E-state index in [2.05, 4.69) is 13.8 Å². The summed E-state index contributed by atoms with van der Waals surface area (Å²) in [6.45, 7) is 4.30. The normalized spacial score (nSPS) is 13.0. The first-order chi connectivity index (χ1) is 4.68. The third-order valence-electron chi connectivity index (χ3n) is 1.73. The summed E-state index contributed by atoms with van der Waals surface area (Å²) in [5.74, 6) is 0.432. The van der Waals surface area contributed by atoms with E-state index in [0.717, 1.165) is 6.42 Å². The van der Waals surface area contributed by atoms with Gasteiger partial charge in [0.1, 0.15) is 0 Å². The van der Waals surface area contributed by atoms with Crippen molar-refractivity contribution in [2.75, 3.05) is 0 Å². The van der Waals surface area contributed by atoms with Crippen molar-refractivity contribution in [1.29, 1.82) is 0 Å². The summed E-state index contributed by atoms with van der Waals surface area (Å²) in [5.41, 5.74) is 5.45. The van der Waals surface area contributed by atoms with Gasteiger partial charge in [-0.15, -0.1) is 0 Å². The molecule has 0 heterocycles. The van der Waals surface area contributed by atoms with E-state index in [1.165, 1.54) is 19.3 Å². The van der Waals surface area contributed by atoms with E-state index < -0.39 is 0 Å². The molecule has 10 heavy (non-hydrogen) atoms. The zero-order valence-corrected chi connectivity index (χ0v) is 7.71. The van der Waals surface area contributed by atoms with Gasteiger partial charge in [-0.25, -0.2) is 0 Å². The van der Waals surface area contributed by atoms with Crippen LogP contribution in [-0.4, -0.2) is 4.99 Å². The van der Waals surface area contributed by atoms with E-state index in [1.54, 1.807) is 0 Å². The fourth-order valence-corrected chi connectivity index (χ4v) is 0.961. The van der Waals surface area contributed by atoms with E-state index in [1.807, 2.05) is 0 Å². The van der Waals surface area contributed by atoms with Crippen LogP contribution in [-0.2, 0) is 0 Å². The summed E-state index contributed by atoms with van der Waals surface area (Å²) >= 11 is 4.85. The van der Waals surface area contributed by atoms with Crippen LogP contribution in [0.5, 0.6) is 0 Å². The van der Waals surface area contributed by atoms with Crippen LogP contribution in [0.25, 0.3) is 0 Å². The van der Waals surface area contributed by atoms with E-state index in [9.17, 15) is 0 Å². The lowest BCUT2D eigenvalue weighted by molar-refractivity contribution is 0.599. The van der Waals surface area contributed by atoms with Gasteiger partial charge in [-0.3, -0.25) is 0 Å². The van der Waals surface area contributed by atoms with Gasteiger partial charge in [-0.2, -0.15) is 0 Å². The van der Waals surface area contributed by atoms with Gasteiger partial charge in [0.15, 0.2) is 0 Å². The maximum absolute atomic E-state index is 5.45. The second-order valence-corrected chi connectivity index (χ2v) is 3.27. The summed E-state index contributed by atoms with van der Waals surface area (Å²) < 4.78 is 0. The second kappa shape index (κ2) is 5.66. The molecule has 0 aromatic heterocycles. The van der Waals surface area contributed by atoms with Gasteiger partial charge >= 0.3 is 0 Å². The second-order valence-electron chi connectivity index (χ2n) is 2.80. The summed E-state index contributed by atoms with van der Waals surface area (Å²) in [4.78, 5) is 0.663. The Hall–Kier alpha value is -0.110. The van der Waals surface area contributed by atoms with Crippen LogP contribution < -0.4 is 5.73 Å². The number of thiocarbonyl (C=S) groups is 1. The SMILES string of the molecule is CCCCCC(C)C(N)=S. The summed E-state index contributed by atoms with van der Waals surface area (Å²) in [6.07, 6.45) is 4.98. The van der Waals surface area contributed by atoms with Crippen LogP contribution in [0.15, 0.2) is 0 Å². The van der Waals surface area contributed by atoms with Crippen molar-refractivity contribution in [2.45, 2.75) is 39.5 Å². The molecular formula is C8H17NS. The smallest absolute Gasteiger partial charge is 0.0755 e. The molecule has 0 aliphatic heterocycles. The van der Waals surface area contributed by atoms with Crippen molar-refractivity contribution < 1.29 is 0 Å². The van der Waals surface area contributed by atoms with Crippen LogP contribution in [0.3, 0.4) is 0 Å². The molecule has 0 aromatic carbocycles. The topological polar surface area (TPSA) is 26.0 Å². The van der Waals surface area contributed by atoms with Crippen molar-refractivity contribution >= 4 is 17.2 Å². The Bertz CT molecular complexity index is 101. The van der Waals surface area contributed by atoms with Crippen LogP contribution in [0.4, 0.5) is 0 Å². The zero-order valence-electron chi connectivity index (χ0n) is 6.89. The van der Waals surface area contributed by atoms with Gasteiger partial charge < -0.3 is 5.73 Å². The molecule has 2 N–H and O–H groups in total. The average Bonchev–Trinajstić information content (AvgIpc) is 1.88. The molecular weight excluding hydrogens is 142 g/mol. The van der Waals surface area contributed by atoms with Crippen LogP contribution in [0.2, 0.25) is 0 Å². The summed E-state index contributed by atoms with van der Waals surface area (Å²) in [5, 5.41) is 0. The zero-order chi connectivity index (χ0) is 7.98. The Kier molecular flexibility index (Phi) is 5.60. The third kappa shape index (κ3) is 4.74. The number of hydrogen-bond donors (Lipinski definition) is 1. The largest absolute Gasteiger partial charge is 0.393 e. The van der Waals surface area contributed by atoms with Crippen LogP contribution in [0.1, 0.15) is 39.5 Å². The molecule has 0 aliphatic rings. The van der Waals surface area contributed by atoms with Crippen LogP contribution in [0, 0.1) is 5.92 Å². The lowest BCUT2D eigenvalue weighted by Crippen LogP contribution is -2.17. The fourth-order valence-electron chi connectivity index (χ4n) is 0.843. The number of rotatable bonds is 5. The first kappa shape index (κ1) is 9.89. The van der Waals surface area contributed by atoms with E-state index in [-0.39, 0.29) is 0 Å². The molecule has 0 bridgehead atoms. The molecule has 0 amide bonds. The molecule has 1 unspecified atom stereocenters. The maximum atomic E-state index is 5.45. The van der Waals surface area contributed by atoms with Gasteiger partial charge in [-0.1, -0.05) is 45.3 Å². The predicted molar refractivity (Wildman–Crippen MR) is 50.1 cm³/mol. The lowest BCUT2D eigenvalue weighted by atomic mass is 10.0. The quantitative estimate of drug-likeness (QED) is 0.492. The molecule has 0 saturated heterocycles. The molecule has 0 spiro atoms. The molecule has 0 aromatic rings. The molecule has 60 valence electrons. The minimum absolute atomic E-state index is 0.432. The molecule has 0 fully saturated rings. The van der Waals surface area contributed by atoms with Crippen LogP contribution >= 0.6 is 12.2 Å². The highest BCUT2D eigenvalue weighted by Gasteiger charge is 2.02. The average molecular weight is 159 g/mol. The Morgan fingerprint density at radius 1 is 1.50 bits per heavy atom. The van der Waals surface area contributed by atoms with Gasteiger partial charge in [0, 0.05) is 5.92 Å². The van der Waals surface area contributed by atoms with E-state index in [4.69, 9.17) is 18.0 Å². The maximum Gasteiger partial charge on any atom is 0.0755 e. The Balaban J connectivity index is 3.21. The van der Waals surface area contributed by atoms with Crippen molar-refractivity contribution in [3.8, 4) is 0 Å².